The normalized spacial score (nSPS) is 21.5. The third-order valence-corrected chi connectivity index (χ3v) is 2.49. The van der Waals surface area contributed by atoms with Crippen LogP contribution in [-0.4, -0.2) is 35.3 Å². The smallest absolute Gasteiger partial charge is 0.245 e. The van der Waals surface area contributed by atoms with E-state index in [1.165, 1.54) is 10.4 Å². The number of amides is 2. The Hall–Kier alpha value is -1.03. The van der Waals surface area contributed by atoms with E-state index in [0.29, 0.717) is 6.54 Å². The molecule has 0 aliphatic carbocycles. The fraction of sp³-hybridized carbons (Fsp3) is 0.556. The van der Waals surface area contributed by atoms with Crippen LogP contribution in [0.15, 0.2) is 11.6 Å². The molecular formula is C9H13ClN2O2. The monoisotopic (exact) mass is 216 g/mol. The highest BCUT2D eigenvalue weighted by molar-refractivity contribution is 6.25. The third kappa shape index (κ3) is 1.90. The molecule has 5 heteroatoms. The van der Waals surface area contributed by atoms with Crippen LogP contribution < -0.4 is 5.32 Å². The Balaban J connectivity index is 2.85. The van der Waals surface area contributed by atoms with E-state index >= 15 is 0 Å². The van der Waals surface area contributed by atoms with Crippen molar-refractivity contribution in [2.45, 2.75) is 19.4 Å². The highest BCUT2D eigenvalue weighted by atomic mass is 35.5. The quantitative estimate of drug-likeness (QED) is 0.730. The molecule has 0 aromatic carbocycles. The number of rotatable bonds is 2. The van der Waals surface area contributed by atoms with Crippen molar-refractivity contribution in [2.75, 3.05) is 13.1 Å². The largest absolute Gasteiger partial charge is 0.345 e. The Kier molecular flexibility index (Phi) is 3.16. The predicted molar refractivity (Wildman–Crippen MR) is 53.8 cm³/mol. The van der Waals surface area contributed by atoms with E-state index in [1.54, 1.807) is 19.9 Å². The molecule has 1 aliphatic rings. The zero-order valence-electron chi connectivity index (χ0n) is 8.21. The van der Waals surface area contributed by atoms with Gasteiger partial charge in [-0.1, -0.05) is 17.7 Å². The van der Waals surface area contributed by atoms with Crippen LogP contribution in [-0.2, 0) is 9.59 Å². The van der Waals surface area contributed by atoms with Gasteiger partial charge in [-0.2, -0.15) is 0 Å². The van der Waals surface area contributed by atoms with Crippen LogP contribution in [0.25, 0.3) is 0 Å². The summed E-state index contributed by atoms with van der Waals surface area (Å²) in [5.74, 6) is -0.232. The molecule has 1 saturated heterocycles. The van der Waals surface area contributed by atoms with Crippen LogP contribution >= 0.6 is 11.6 Å². The SMILES string of the molecule is CC1(C)C(=O)NCC(=O)N1C/C=C/Cl. The highest BCUT2D eigenvalue weighted by Crippen LogP contribution is 2.18. The van der Waals surface area contributed by atoms with Gasteiger partial charge in [-0.25, -0.2) is 0 Å². The molecule has 0 unspecified atom stereocenters. The van der Waals surface area contributed by atoms with Crippen molar-refractivity contribution in [1.29, 1.82) is 0 Å². The Bertz CT molecular complexity index is 287. The maximum absolute atomic E-state index is 11.5. The molecule has 4 nitrogen and oxygen atoms in total. The summed E-state index contributed by atoms with van der Waals surface area (Å²) < 4.78 is 0. The van der Waals surface area contributed by atoms with Gasteiger partial charge in [0.1, 0.15) is 5.54 Å². The minimum Gasteiger partial charge on any atom is -0.345 e. The Morgan fingerprint density at radius 2 is 2.21 bits per heavy atom. The molecule has 1 fully saturated rings. The standard InChI is InChI=1S/C9H13ClN2O2/c1-9(2)8(14)11-6-7(13)12(9)5-3-4-10/h3-4H,5-6H2,1-2H3,(H,11,14)/b4-3+. The molecule has 1 N–H and O–H groups in total. The Morgan fingerprint density at radius 1 is 1.57 bits per heavy atom. The van der Waals surface area contributed by atoms with Crippen LogP contribution in [0.4, 0.5) is 0 Å². The first-order chi connectivity index (χ1) is 6.50. The van der Waals surface area contributed by atoms with E-state index in [1.807, 2.05) is 0 Å². The molecule has 0 saturated carbocycles. The minimum atomic E-state index is -0.800. The Labute approximate surface area is 87.9 Å². The van der Waals surface area contributed by atoms with Crippen molar-refractivity contribution < 1.29 is 9.59 Å². The van der Waals surface area contributed by atoms with Gasteiger partial charge in [-0.15, -0.1) is 0 Å². The van der Waals surface area contributed by atoms with Gasteiger partial charge < -0.3 is 10.2 Å². The zero-order valence-corrected chi connectivity index (χ0v) is 8.97. The van der Waals surface area contributed by atoms with Gasteiger partial charge in [0.15, 0.2) is 0 Å². The van der Waals surface area contributed by atoms with E-state index in [-0.39, 0.29) is 18.4 Å². The van der Waals surface area contributed by atoms with Gasteiger partial charge in [-0.05, 0) is 13.8 Å². The lowest BCUT2D eigenvalue weighted by Crippen LogP contribution is -2.64. The number of halogens is 1. The molecule has 0 aromatic rings. The maximum Gasteiger partial charge on any atom is 0.245 e. The van der Waals surface area contributed by atoms with Crippen molar-refractivity contribution >= 4 is 23.4 Å². The molecule has 2 amide bonds. The molecule has 0 aromatic heterocycles. The average molecular weight is 217 g/mol. The van der Waals surface area contributed by atoms with Gasteiger partial charge in [0, 0.05) is 12.1 Å². The topological polar surface area (TPSA) is 49.4 Å². The summed E-state index contributed by atoms with van der Waals surface area (Å²) in [6.45, 7) is 3.85. The van der Waals surface area contributed by atoms with Crippen LogP contribution in [0.5, 0.6) is 0 Å². The summed E-state index contributed by atoms with van der Waals surface area (Å²) in [7, 11) is 0. The fourth-order valence-corrected chi connectivity index (χ4v) is 1.46. The summed E-state index contributed by atoms with van der Waals surface area (Å²) >= 11 is 5.38. The molecule has 78 valence electrons. The van der Waals surface area contributed by atoms with Crippen LogP contribution in [0, 0.1) is 0 Å². The molecule has 0 atom stereocenters. The molecular weight excluding hydrogens is 204 g/mol. The number of hydrogen-bond acceptors (Lipinski definition) is 2. The first kappa shape index (κ1) is 11.0. The van der Waals surface area contributed by atoms with Crippen molar-refractivity contribution in [1.82, 2.24) is 10.2 Å². The molecule has 14 heavy (non-hydrogen) atoms. The first-order valence-electron chi connectivity index (χ1n) is 4.34. The van der Waals surface area contributed by atoms with Gasteiger partial charge in [0.05, 0.1) is 6.54 Å². The Morgan fingerprint density at radius 3 is 2.79 bits per heavy atom. The molecule has 1 rings (SSSR count). The highest BCUT2D eigenvalue weighted by Gasteiger charge is 2.40. The summed E-state index contributed by atoms with van der Waals surface area (Å²) in [6, 6.07) is 0. The molecule has 1 aliphatic heterocycles. The van der Waals surface area contributed by atoms with Gasteiger partial charge in [0.2, 0.25) is 11.8 Å². The van der Waals surface area contributed by atoms with Crippen molar-refractivity contribution in [3.8, 4) is 0 Å². The van der Waals surface area contributed by atoms with E-state index < -0.39 is 5.54 Å². The lowest BCUT2D eigenvalue weighted by Gasteiger charge is -2.40. The second-order valence-corrected chi connectivity index (χ2v) is 3.86. The zero-order chi connectivity index (χ0) is 10.8. The second kappa shape index (κ2) is 4.00. The number of nitrogens with zero attached hydrogens (tertiary/aromatic N) is 1. The van der Waals surface area contributed by atoms with Gasteiger partial charge in [-0.3, -0.25) is 9.59 Å². The van der Waals surface area contributed by atoms with E-state index in [2.05, 4.69) is 5.32 Å². The van der Waals surface area contributed by atoms with Crippen molar-refractivity contribution in [3.63, 3.8) is 0 Å². The lowest BCUT2D eigenvalue weighted by atomic mass is 9.99. The van der Waals surface area contributed by atoms with Crippen molar-refractivity contribution in [3.05, 3.63) is 11.6 Å². The molecule has 0 spiro atoms. The second-order valence-electron chi connectivity index (χ2n) is 3.61. The molecule has 0 bridgehead atoms. The van der Waals surface area contributed by atoms with Crippen molar-refractivity contribution in [2.24, 2.45) is 0 Å². The van der Waals surface area contributed by atoms with Gasteiger partial charge in [0.25, 0.3) is 0 Å². The minimum absolute atomic E-state index is 0.0678. The number of nitrogens with one attached hydrogen (secondary N) is 1. The summed E-state index contributed by atoms with van der Waals surface area (Å²) in [5.41, 5.74) is 0.543. The maximum atomic E-state index is 11.5. The summed E-state index contributed by atoms with van der Waals surface area (Å²) in [6.07, 6.45) is 1.64. The number of hydrogen-bond donors (Lipinski definition) is 1. The van der Waals surface area contributed by atoms with Crippen LogP contribution in [0.1, 0.15) is 13.8 Å². The molecule has 1 heterocycles. The van der Waals surface area contributed by atoms with Gasteiger partial charge >= 0.3 is 0 Å². The fourth-order valence-electron chi connectivity index (χ4n) is 1.38. The van der Waals surface area contributed by atoms with E-state index in [0.717, 1.165) is 0 Å². The molecule has 0 radical (unpaired) electrons. The van der Waals surface area contributed by atoms with Crippen LogP contribution in [0.3, 0.4) is 0 Å². The first-order valence-corrected chi connectivity index (χ1v) is 4.78. The van der Waals surface area contributed by atoms with Crippen LogP contribution in [0.2, 0.25) is 0 Å². The number of piperazine rings is 1. The summed E-state index contributed by atoms with van der Waals surface area (Å²) in [4.78, 5) is 24.5. The summed E-state index contributed by atoms with van der Waals surface area (Å²) in [5, 5.41) is 2.54. The third-order valence-electron chi connectivity index (χ3n) is 2.31. The van der Waals surface area contributed by atoms with E-state index in [9.17, 15) is 9.59 Å². The average Bonchev–Trinajstić information content (AvgIpc) is 2.12. The predicted octanol–water partition coefficient (Wildman–Crippen LogP) is 0.476. The number of carbonyl (C=O) groups excluding carboxylic acids is 2. The lowest BCUT2D eigenvalue weighted by molar-refractivity contribution is -0.150. The number of carbonyl (C=O) groups is 2. The van der Waals surface area contributed by atoms with E-state index in [4.69, 9.17) is 11.6 Å².